The topological polar surface area (TPSA) is 3.24 Å². The van der Waals surface area contributed by atoms with E-state index >= 15 is 0 Å². The molecule has 0 saturated carbocycles. The molecule has 0 aliphatic carbocycles. The maximum atomic E-state index is 2.54. The lowest BCUT2D eigenvalue weighted by molar-refractivity contribution is 0.812. The van der Waals surface area contributed by atoms with Gasteiger partial charge in [0.15, 0.2) is 0 Å². The molecule has 1 atom stereocenters. The van der Waals surface area contributed by atoms with Crippen molar-refractivity contribution in [1.82, 2.24) is 0 Å². The molecule has 0 fully saturated rings. The third-order valence-corrected chi connectivity index (χ3v) is 12.4. The molecule has 1 nitrogen and oxygen atoms in total. The van der Waals surface area contributed by atoms with Gasteiger partial charge in [-0.1, -0.05) is 194 Å². The summed E-state index contributed by atoms with van der Waals surface area (Å²) in [6.45, 7) is 0. The molecule has 0 bridgehead atoms. The normalized spacial score (nSPS) is 14.1. The van der Waals surface area contributed by atoms with E-state index in [9.17, 15) is 0 Å². The van der Waals surface area contributed by atoms with Gasteiger partial charge in [0.1, 0.15) is 0 Å². The minimum atomic E-state index is 0.0663. The van der Waals surface area contributed by atoms with Crippen LogP contribution in [0, 0.1) is 0 Å². The quantitative estimate of drug-likeness (QED) is 0.126. The standard InChI is InChI=1S/C57H37N/c1-3-17-40(18-4-1)54-47-25-13-14-26-48(47)55(57-45-23-11-8-16-38(45)32-34-50(54)57)41-29-27-39(28-30-41)52-36-53(58(52)43-20-5-2-6-21-43)56-46-24-12-9-19-42(46)35-51-44-22-10-7-15-37(44)31-33-49(51)56/h1-36,53H. The lowest BCUT2D eigenvalue weighted by Gasteiger charge is -2.43. The van der Waals surface area contributed by atoms with Gasteiger partial charge in [-0.05, 0) is 122 Å². The SMILES string of the molecule is C1=C(c2ccc(-c3c4ccccc4c(-c4ccccc4)c4ccc5ccccc5c34)cc2)N(c2ccccc2)C1c1c2ccccc2cc2c1ccc1ccccc12. The van der Waals surface area contributed by atoms with E-state index in [2.05, 4.69) is 223 Å². The molecule has 0 N–H and O–H groups in total. The predicted octanol–water partition coefficient (Wildman–Crippen LogP) is 15.5. The molecule has 11 aromatic carbocycles. The van der Waals surface area contributed by atoms with Crippen molar-refractivity contribution in [1.29, 1.82) is 0 Å². The zero-order valence-electron chi connectivity index (χ0n) is 31.8. The van der Waals surface area contributed by atoms with Crippen molar-refractivity contribution < 1.29 is 0 Å². The van der Waals surface area contributed by atoms with E-state index in [4.69, 9.17) is 0 Å². The van der Waals surface area contributed by atoms with Gasteiger partial charge in [-0.3, -0.25) is 0 Å². The number of nitrogens with zero attached hydrogens (tertiary/aromatic N) is 1. The number of anilines is 1. The summed E-state index contributed by atoms with van der Waals surface area (Å²) >= 11 is 0. The molecule has 0 radical (unpaired) electrons. The third-order valence-electron chi connectivity index (χ3n) is 12.4. The zero-order valence-corrected chi connectivity index (χ0v) is 31.8. The summed E-state index contributed by atoms with van der Waals surface area (Å²) < 4.78 is 0. The highest BCUT2D eigenvalue weighted by Gasteiger charge is 2.34. The Balaban J connectivity index is 1.06. The van der Waals surface area contributed by atoms with Crippen LogP contribution in [0.4, 0.5) is 5.69 Å². The molecule has 1 aliphatic heterocycles. The fourth-order valence-corrected chi connectivity index (χ4v) is 9.85. The summed E-state index contributed by atoms with van der Waals surface area (Å²) in [5, 5.41) is 15.4. The van der Waals surface area contributed by atoms with Crippen LogP contribution in [0.1, 0.15) is 17.2 Å². The molecule has 1 heterocycles. The number of benzene rings is 11. The minimum Gasteiger partial charge on any atom is -0.330 e. The lowest BCUT2D eigenvalue weighted by atomic mass is 9.83. The highest BCUT2D eigenvalue weighted by atomic mass is 15.2. The molecule has 0 aromatic heterocycles. The van der Waals surface area contributed by atoms with E-state index in [1.54, 1.807) is 0 Å². The average Bonchev–Trinajstić information content (AvgIpc) is 3.28. The molecule has 1 unspecified atom stereocenters. The second-order valence-corrected chi connectivity index (χ2v) is 15.5. The van der Waals surface area contributed by atoms with Crippen molar-refractivity contribution in [3.05, 3.63) is 230 Å². The van der Waals surface area contributed by atoms with Crippen molar-refractivity contribution in [3.8, 4) is 22.3 Å². The van der Waals surface area contributed by atoms with Gasteiger partial charge in [0.05, 0.1) is 6.04 Å². The van der Waals surface area contributed by atoms with Gasteiger partial charge in [0.2, 0.25) is 0 Å². The first-order valence-corrected chi connectivity index (χ1v) is 20.2. The molecule has 270 valence electrons. The first-order chi connectivity index (χ1) is 28.8. The molecule has 12 rings (SSSR count). The molecule has 0 saturated heterocycles. The van der Waals surface area contributed by atoms with E-state index in [0.29, 0.717) is 0 Å². The highest BCUT2D eigenvalue weighted by Crippen LogP contribution is 2.50. The number of para-hydroxylation sites is 1. The number of hydrogen-bond acceptors (Lipinski definition) is 1. The molecule has 1 heteroatoms. The summed E-state index contributed by atoms with van der Waals surface area (Å²) in [4.78, 5) is 2.54. The number of hydrogen-bond donors (Lipinski definition) is 0. The Kier molecular flexibility index (Phi) is 7.36. The Morgan fingerprint density at radius 1 is 0.310 bits per heavy atom. The monoisotopic (exact) mass is 735 g/mol. The Labute approximate surface area is 337 Å². The summed E-state index contributed by atoms with van der Waals surface area (Å²) in [6.07, 6.45) is 2.48. The molecule has 11 aromatic rings. The van der Waals surface area contributed by atoms with Crippen LogP contribution in [0.3, 0.4) is 0 Å². The van der Waals surface area contributed by atoms with Gasteiger partial charge >= 0.3 is 0 Å². The third kappa shape index (κ3) is 4.97. The molecule has 1 aliphatic rings. The fourth-order valence-electron chi connectivity index (χ4n) is 9.85. The number of rotatable bonds is 5. The van der Waals surface area contributed by atoms with E-state index in [0.717, 1.165) is 0 Å². The van der Waals surface area contributed by atoms with Gasteiger partial charge < -0.3 is 4.90 Å². The smallest absolute Gasteiger partial charge is 0.0810 e. The van der Waals surface area contributed by atoms with Gasteiger partial charge in [-0.2, -0.15) is 0 Å². The first-order valence-electron chi connectivity index (χ1n) is 20.2. The van der Waals surface area contributed by atoms with Crippen molar-refractivity contribution in [2.45, 2.75) is 6.04 Å². The van der Waals surface area contributed by atoms with Crippen LogP contribution in [0.25, 0.3) is 92.6 Å². The average molecular weight is 736 g/mol. The Bertz CT molecular complexity index is 3430. The maximum absolute atomic E-state index is 2.54. The molecule has 58 heavy (non-hydrogen) atoms. The van der Waals surface area contributed by atoms with Crippen LogP contribution >= 0.6 is 0 Å². The van der Waals surface area contributed by atoms with Gasteiger partial charge in [-0.25, -0.2) is 0 Å². The number of fused-ring (bicyclic) bond motifs is 8. The largest absolute Gasteiger partial charge is 0.330 e. The molecule has 0 spiro atoms. The Hall–Kier alpha value is -7.48. The fraction of sp³-hybridized carbons (Fsp3) is 0.0175. The van der Waals surface area contributed by atoms with Crippen LogP contribution in [0.5, 0.6) is 0 Å². The van der Waals surface area contributed by atoms with Crippen molar-refractivity contribution in [3.63, 3.8) is 0 Å². The van der Waals surface area contributed by atoms with E-state index in [1.807, 2.05) is 0 Å². The van der Waals surface area contributed by atoms with Crippen LogP contribution < -0.4 is 4.90 Å². The summed E-state index contributed by atoms with van der Waals surface area (Å²) in [6, 6.07) is 78.3. The minimum absolute atomic E-state index is 0.0663. The molecular weight excluding hydrogens is 699 g/mol. The van der Waals surface area contributed by atoms with E-state index < -0.39 is 0 Å². The van der Waals surface area contributed by atoms with Gasteiger partial charge in [0.25, 0.3) is 0 Å². The van der Waals surface area contributed by atoms with Gasteiger partial charge in [0, 0.05) is 11.4 Å². The summed E-state index contributed by atoms with van der Waals surface area (Å²) in [5.41, 5.74) is 10.00. The van der Waals surface area contributed by atoms with Crippen LogP contribution in [-0.2, 0) is 0 Å². The van der Waals surface area contributed by atoms with Crippen molar-refractivity contribution >= 4 is 76.0 Å². The van der Waals surface area contributed by atoms with E-state index in [1.165, 1.54) is 109 Å². The Morgan fingerprint density at radius 3 is 1.55 bits per heavy atom. The van der Waals surface area contributed by atoms with E-state index in [-0.39, 0.29) is 6.04 Å². The second-order valence-electron chi connectivity index (χ2n) is 15.5. The predicted molar refractivity (Wildman–Crippen MR) is 248 cm³/mol. The van der Waals surface area contributed by atoms with Crippen LogP contribution in [0.2, 0.25) is 0 Å². The molecular formula is C57H37N. The summed E-state index contributed by atoms with van der Waals surface area (Å²) in [7, 11) is 0. The second kappa shape index (κ2) is 13.0. The summed E-state index contributed by atoms with van der Waals surface area (Å²) in [5.74, 6) is 0. The maximum Gasteiger partial charge on any atom is 0.0810 e. The highest BCUT2D eigenvalue weighted by molar-refractivity contribution is 6.28. The van der Waals surface area contributed by atoms with Gasteiger partial charge in [-0.15, -0.1) is 0 Å². The Morgan fingerprint density at radius 2 is 0.828 bits per heavy atom. The van der Waals surface area contributed by atoms with Crippen molar-refractivity contribution in [2.24, 2.45) is 0 Å². The lowest BCUT2D eigenvalue weighted by Crippen LogP contribution is -2.34. The zero-order chi connectivity index (χ0) is 38.2. The van der Waals surface area contributed by atoms with Crippen molar-refractivity contribution in [2.75, 3.05) is 4.90 Å². The van der Waals surface area contributed by atoms with Crippen LogP contribution in [0.15, 0.2) is 218 Å². The molecule has 0 amide bonds. The first kappa shape index (κ1) is 32.7. The van der Waals surface area contributed by atoms with Crippen LogP contribution in [-0.4, -0.2) is 0 Å².